The Balaban J connectivity index is 2.02. The van der Waals surface area contributed by atoms with Gasteiger partial charge < -0.3 is 5.73 Å². The van der Waals surface area contributed by atoms with Gasteiger partial charge in [0.2, 0.25) is 0 Å². The summed E-state index contributed by atoms with van der Waals surface area (Å²) in [6.45, 7) is 2.57. The van der Waals surface area contributed by atoms with Crippen molar-refractivity contribution in [2.75, 3.05) is 0 Å². The Morgan fingerprint density at radius 3 is 2.29 bits per heavy atom. The van der Waals surface area contributed by atoms with Crippen LogP contribution in [0, 0.1) is 12.7 Å². The maximum atomic E-state index is 14.4. The molecule has 31 heavy (non-hydrogen) atoms. The summed E-state index contributed by atoms with van der Waals surface area (Å²) in [7, 11) is 0. The van der Waals surface area contributed by atoms with Crippen LogP contribution in [0.1, 0.15) is 44.3 Å². The van der Waals surface area contributed by atoms with Gasteiger partial charge in [-0.15, -0.1) is 0 Å². The van der Waals surface area contributed by atoms with Crippen LogP contribution >= 0.6 is 0 Å². The summed E-state index contributed by atoms with van der Waals surface area (Å²) in [6.07, 6.45) is 0.347. The molecule has 0 aliphatic rings. The Morgan fingerprint density at radius 1 is 1.00 bits per heavy atom. The first-order valence-electron chi connectivity index (χ1n) is 9.33. The fourth-order valence-electron chi connectivity index (χ4n) is 3.17. The normalized spacial score (nSPS) is 12.0. The highest BCUT2D eigenvalue weighted by Gasteiger charge is 2.29. The molecule has 0 saturated heterocycles. The zero-order valence-electron chi connectivity index (χ0n) is 16.8. The number of amidine groups is 1. The van der Waals surface area contributed by atoms with Gasteiger partial charge in [-0.25, -0.2) is 13.2 Å². The minimum atomic E-state index is -3.21. The second kappa shape index (κ2) is 8.55. The van der Waals surface area contributed by atoms with Crippen LogP contribution in [0.3, 0.4) is 0 Å². The van der Waals surface area contributed by atoms with E-state index in [9.17, 15) is 22.8 Å². The Labute approximate surface area is 177 Å². The molecule has 4 nitrogen and oxygen atoms in total. The summed E-state index contributed by atoms with van der Waals surface area (Å²) in [6, 6.07) is 14.6. The van der Waals surface area contributed by atoms with Crippen molar-refractivity contribution in [3.63, 3.8) is 0 Å². The van der Waals surface area contributed by atoms with E-state index in [0.29, 0.717) is 17.4 Å². The number of aldehydes is 1. The summed E-state index contributed by atoms with van der Waals surface area (Å²) in [5.74, 6) is -5.17. The first-order chi connectivity index (χ1) is 14.6. The number of alkyl halides is 2. The summed E-state index contributed by atoms with van der Waals surface area (Å²) in [5, 5.41) is 0. The molecule has 0 radical (unpaired) electrons. The molecule has 0 aromatic heterocycles. The molecule has 0 aliphatic carbocycles. The molecule has 1 amide bonds. The molecule has 3 rings (SSSR count). The van der Waals surface area contributed by atoms with E-state index in [1.165, 1.54) is 24.3 Å². The molecule has 0 heterocycles. The third-order valence-electron chi connectivity index (χ3n) is 4.82. The standard InChI is InChI=1S/C24H19F3N2O2/c1-14-5-3-4-6-18(14)19-10-9-16(11-20(19)24(2,26)27)23(31)29-22(28)15-7-8-17(13-30)21(25)12-15/h3-13H,1-2H3,(H2,28,29,31). The highest BCUT2D eigenvalue weighted by atomic mass is 19.3. The molecule has 3 aromatic rings. The lowest BCUT2D eigenvalue weighted by molar-refractivity contribution is 0.0180. The molecular weight excluding hydrogens is 405 g/mol. The average molecular weight is 424 g/mol. The lowest BCUT2D eigenvalue weighted by Gasteiger charge is -2.18. The molecule has 0 aliphatic heterocycles. The van der Waals surface area contributed by atoms with Crippen LogP contribution in [-0.2, 0) is 5.92 Å². The van der Waals surface area contributed by atoms with E-state index in [0.717, 1.165) is 24.6 Å². The van der Waals surface area contributed by atoms with Crippen LogP contribution in [-0.4, -0.2) is 18.0 Å². The summed E-state index contributed by atoms with van der Waals surface area (Å²) >= 11 is 0. The summed E-state index contributed by atoms with van der Waals surface area (Å²) in [5.41, 5.74) is 7.07. The topological polar surface area (TPSA) is 72.5 Å². The average Bonchev–Trinajstić information content (AvgIpc) is 2.73. The highest BCUT2D eigenvalue weighted by Crippen LogP contribution is 2.37. The second-order valence-corrected chi connectivity index (χ2v) is 7.12. The molecular formula is C24H19F3N2O2. The van der Waals surface area contributed by atoms with Crippen molar-refractivity contribution in [3.05, 3.63) is 94.3 Å². The number of hydrogen-bond acceptors (Lipinski definition) is 2. The monoisotopic (exact) mass is 424 g/mol. The molecule has 0 fully saturated rings. The van der Waals surface area contributed by atoms with Crippen molar-refractivity contribution in [3.8, 4) is 11.1 Å². The number of nitrogens with zero attached hydrogens (tertiary/aromatic N) is 1. The van der Waals surface area contributed by atoms with E-state index in [-0.39, 0.29) is 28.1 Å². The van der Waals surface area contributed by atoms with Gasteiger partial charge in [-0.1, -0.05) is 36.4 Å². The Bertz CT molecular complexity index is 1200. The van der Waals surface area contributed by atoms with E-state index in [4.69, 9.17) is 5.73 Å². The fourth-order valence-corrected chi connectivity index (χ4v) is 3.17. The molecule has 0 bridgehead atoms. The number of amides is 1. The van der Waals surface area contributed by atoms with E-state index < -0.39 is 17.6 Å². The predicted molar refractivity (Wildman–Crippen MR) is 113 cm³/mol. The van der Waals surface area contributed by atoms with E-state index in [2.05, 4.69) is 4.99 Å². The number of nitrogens with two attached hydrogens (primary N) is 1. The first kappa shape index (κ1) is 22.0. The smallest absolute Gasteiger partial charge is 0.278 e. The number of benzene rings is 3. The van der Waals surface area contributed by atoms with Gasteiger partial charge in [-0.2, -0.15) is 4.99 Å². The lowest BCUT2D eigenvalue weighted by atomic mass is 9.91. The molecule has 0 spiro atoms. The van der Waals surface area contributed by atoms with Crippen molar-refractivity contribution in [1.82, 2.24) is 0 Å². The molecule has 158 valence electrons. The van der Waals surface area contributed by atoms with Gasteiger partial charge in [0.25, 0.3) is 11.8 Å². The second-order valence-electron chi connectivity index (χ2n) is 7.12. The summed E-state index contributed by atoms with van der Waals surface area (Å²) in [4.78, 5) is 27.0. The van der Waals surface area contributed by atoms with Crippen molar-refractivity contribution >= 4 is 18.0 Å². The van der Waals surface area contributed by atoms with E-state index in [1.807, 2.05) is 19.1 Å². The zero-order valence-corrected chi connectivity index (χ0v) is 16.8. The van der Waals surface area contributed by atoms with Crippen LogP contribution in [0.5, 0.6) is 0 Å². The number of carbonyl (C=O) groups excluding carboxylic acids is 2. The van der Waals surface area contributed by atoms with Gasteiger partial charge in [0.05, 0.1) is 5.56 Å². The van der Waals surface area contributed by atoms with Crippen molar-refractivity contribution < 1.29 is 22.8 Å². The van der Waals surface area contributed by atoms with Crippen LogP contribution in [0.2, 0.25) is 0 Å². The Kier molecular flexibility index (Phi) is 6.06. The van der Waals surface area contributed by atoms with Crippen LogP contribution in [0.25, 0.3) is 11.1 Å². The summed E-state index contributed by atoms with van der Waals surface area (Å²) < 4.78 is 42.5. The minimum absolute atomic E-state index is 0.0817. The number of hydrogen-bond donors (Lipinski definition) is 1. The maximum absolute atomic E-state index is 14.4. The molecule has 0 saturated carbocycles. The lowest BCUT2D eigenvalue weighted by Crippen LogP contribution is -2.17. The van der Waals surface area contributed by atoms with E-state index in [1.54, 1.807) is 12.1 Å². The zero-order chi connectivity index (χ0) is 22.8. The van der Waals surface area contributed by atoms with Crippen molar-refractivity contribution in [2.24, 2.45) is 10.7 Å². The van der Waals surface area contributed by atoms with Gasteiger partial charge in [-0.3, -0.25) is 9.59 Å². The third-order valence-corrected chi connectivity index (χ3v) is 4.82. The molecule has 2 N–H and O–H groups in total. The molecule has 3 aromatic carbocycles. The van der Waals surface area contributed by atoms with Gasteiger partial charge in [-0.05, 0) is 47.9 Å². The van der Waals surface area contributed by atoms with Crippen LogP contribution in [0.15, 0.2) is 65.7 Å². The van der Waals surface area contributed by atoms with Gasteiger partial charge >= 0.3 is 0 Å². The molecule has 7 heteroatoms. The number of aryl methyl sites for hydroxylation is 1. The van der Waals surface area contributed by atoms with Gasteiger partial charge in [0, 0.05) is 23.6 Å². The molecule has 0 atom stereocenters. The number of carbonyl (C=O) groups is 2. The quantitative estimate of drug-likeness (QED) is 0.344. The maximum Gasteiger partial charge on any atom is 0.278 e. The van der Waals surface area contributed by atoms with Gasteiger partial charge in [0.1, 0.15) is 11.7 Å². The van der Waals surface area contributed by atoms with Crippen molar-refractivity contribution in [2.45, 2.75) is 19.8 Å². The van der Waals surface area contributed by atoms with Crippen LogP contribution in [0.4, 0.5) is 13.2 Å². The predicted octanol–water partition coefficient (Wildman–Crippen LogP) is 5.27. The van der Waals surface area contributed by atoms with Crippen LogP contribution < -0.4 is 5.73 Å². The number of aliphatic imine (C=N–C) groups is 1. The van der Waals surface area contributed by atoms with Crippen molar-refractivity contribution in [1.29, 1.82) is 0 Å². The first-order valence-corrected chi connectivity index (χ1v) is 9.33. The largest absolute Gasteiger partial charge is 0.383 e. The van der Waals surface area contributed by atoms with Gasteiger partial charge in [0.15, 0.2) is 6.29 Å². The highest BCUT2D eigenvalue weighted by molar-refractivity contribution is 6.09. The molecule has 0 unspecified atom stereocenters. The fraction of sp³-hybridized carbons (Fsp3) is 0.125. The Hall–Kier alpha value is -3.74. The minimum Gasteiger partial charge on any atom is -0.383 e. The van der Waals surface area contributed by atoms with E-state index >= 15 is 0 Å². The SMILES string of the molecule is Cc1ccccc1-c1ccc(C(=O)N=C(N)c2ccc(C=O)c(F)c2)cc1C(C)(F)F. The number of halogens is 3. The number of rotatable bonds is 5. The Morgan fingerprint density at radius 2 is 1.68 bits per heavy atom. The third kappa shape index (κ3) is 4.71.